The second-order valence-electron chi connectivity index (χ2n) is 12.6. The molecule has 0 aliphatic heterocycles. The Morgan fingerprint density at radius 2 is 1.56 bits per heavy atom. The molecule has 11 heteroatoms. The molecular weight excluding hydrogens is 610 g/mol. The summed E-state index contributed by atoms with van der Waals surface area (Å²) in [6, 6.07) is 16.4. The quantitative estimate of drug-likeness (QED) is 0.168. The van der Waals surface area contributed by atoms with Crippen molar-refractivity contribution in [3.8, 4) is 0 Å². The molecule has 0 saturated heterocycles. The molecule has 4 aromatic rings. The molecule has 0 aliphatic rings. The molecule has 254 valence electrons. The van der Waals surface area contributed by atoms with Crippen LogP contribution in [0.5, 0.6) is 0 Å². The van der Waals surface area contributed by atoms with Crippen molar-refractivity contribution in [1.29, 1.82) is 0 Å². The van der Waals surface area contributed by atoms with Crippen LogP contribution in [-0.4, -0.2) is 57.5 Å². The van der Waals surface area contributed by atoms with Crippen LogP contribution in [0.25, 0.3) is 11.0 Å². The number of anilines is 1. The molecule has 0 bridgehead atoms. The van der Waals surface area contributed by atoms with Gasteiger partial charge in [-0.2, -0.15) is 4.98 Å². The third-order valence-corrected chi connectivity index (χ3v) is 7.80. The van der Waals surface area contributed by atoms with Gasteiger partial charge in [-0.05, 0) is 68.9 Å². The Bertz CT molecular complexity index is 1740. The Morgan fingerprint density at radius 1 is 0.875 bits per heavy atom. The van der Waals surface area contributed by atoms with E-state index in [4.69, 9.17) is 14.5 Å². The molecule has 0 spiro atoms. The number of fused-ring (bicyclic) bond motifs is 1. The molecule has 0 aliphatic carbocycles. The van der Waals surface area contributed by atoms with Crippen LogP contribution < -0.4 is 10.6 Å². The lowest BCUT2D eigenvalue weighted by Crippen LogP contribution is -2.42. The average Bonchev–Trinajstić information content (AvgIpc) is 3.39. The number of carbonyl (C=O) groups is 4. The number of carbonyl (C=O) groups excluding carboxylic acids is 4. The standard InChI is InChI=1S/C37H45N5O6/c1-7-47-30(43)21-20-29(34(45)48-8-2)39-33(44)27-17-14-25(15-18-27)16-19-28-23-42(22-26-12-10-9-11-13-26)32-31(28)24(3)38-36(40-32)41-35(46)37(4,5)6/h9-15,17-18,23,29H,7-8,16,19-22H2,1-6H3,(H,39,44)(H,38,40,41,46)/t29-/m0/s1. The summed E-state index contributed by atoms with van der Waals surface area (Å²) in [5.74, 6) is -1.36. The van der Waals surface area contributed by atoms with Gasteiger partial charge in [-0.3, -0.25) is 19.7 Å². The highest BCUT2D eigenvalue weighted by Gasteiger charge is 2.25. The van der Waals surface area contributed by atoms with Crippen LogP contribution in [0.3, 0.4) is 0 Å². The number of nitrogens with one attached hydrogen (secondary N) is 2. The summed E-state index contributed by atoms with van der Waals surface area (Å²) >= 11 is 0. The fraction of sp³-hybridized carbons (Fsp3) is 0.405. The molecule has 48 heavy (non-hydrogen) atoms. The largest absolute Gasteiger partial charge is 0.466 e. The molecule has 2 aromatic heterocycles. The smallest absolute Gasteiger partial charge is 0.328 e. The molecule has 0 radical (unpaired) electrons. The van der Waals surface area contributed by atoms with Crippen molar-refractivity contribution in [1.82, 2.24) is 19.9 Å². The van der Waals surface area contributed by atoms with E-state index >= 15 is 0 Å². The van der Waals surface area contributed by atoms with Gasteiger partial charge in [0.25, 0.3) is 5.91 Å². The first-order valence-electron chi connectivity index (χ1n) is 16.3. The lowest BCUT2D eigenvalue weighted by atomic mass is 9.96. The number of nitrogens with zero attached hydrogens (tertiary/aromatic N) is 3. The Morgan fingerprint density at radius 3 is 2.21 bits per heavy atom. The minimum Gasteiger partial charge on any atom is -0.466 e. The van der Waals surface area contributed by atoms with Crippen LogP contribution >= 0.6 is 0 Å². The van der Waals surface area contributed by atoms with E-state index in [1.807, 2.05) is 58.0 Å². The van der Waals surface area contributed by atoms with Crippen LogP contribution in [0, 0.1) is 12.3 Å². The monoisotopic (exact) mass is 655 g/mol. The summed E-state index contributed by atoms with van der Waals surface area (Å²) in [4.78, 5) is 59.5. The topological polar surface area (TPSA) is 142 Å². The number of esters is 2. The van der Waals surface area contributed by atoms with Gasteiger partial charge in [-0.25, -0.2) is 9.78 Å². The SMILES string of the molecule is CCOC(=O)CC[C@H](NC(=O)c1ccc(CCc2cn(Cc3ccccc3)c3nc(NC(=O)C(C)(C)C)nc(C)c23)cc1)C(=O)OCC. The number of hydrogen-bond acceptors (Lipinski definition) is 8. The van der Waals surface area contributed by atoms with E-state index in [0.29, 0.717) is 24.9 Å². The van der Waals surface area contributed by atoms with Crippen molar-refractivity contribution in [2.75, 3.05) is 18.5 Å². The van der Waals surface area contributed by atoms with Gasteiger partial charge in [0.1, 0.15) is 11.7 Å². The second kappa shape index (κ2) is 16.2. The number of rotatable bonds is 14. The predicted octanol–water partition coefficient (Wildman–Crippen LogP) is 5.56. The van der Waals surface area contributed by atoms with E-state index in [1.165, 1.54) is 0 Å². The molecule has 0 unspecified atom stereocenters. The van der Waals surface area contributed by atoms with E-state index in [1.54, 1.807) is 26.0 Å². The summed E-state index contributed by atoms with van der Waals surface area (Å²) < 4.78 is 12.1. The zero-order valence-electron chi connectivity index (χ0n) is 28.6. The number of aromatic nitrogens is 3. The molecule has 4 rings (SSSR count). The molecule has 2 aromatic carbocycles. The van der Waals surface area contributed by atoms with E-state index in [0.717, 1.165) is 33.4 Å². The van der Waals surface area contributed by atoms with Crippen LogP contribution in [-0.2, 0) is 43.2 Å². The zero-order valence-corrected chi connectivity index (χ0v) is 28.6. The Labute approximate surface area is 281 Å². The Kier molecular flexibility index (Phi) is 12.1. The first-order valence-corrected chi connectivity index (χ1v) is 16.3. The van der Waals surface area contributed by atoms with Crippen LogP contribution in [0.1, 0.15) is 80.2 Å². The molecular formula is C37H45N5O6. The lowest BCUT2D eigenvalue weighted by molar-refractivity contribution is -0.146. The highest BCUT2D eigenvalue weighted by molar-refractivity contribution is 5.97. The van der Waals surface area contributed by atoms with Crippen molar-refractivity contribution >= 4 is 40.7 Å². The van der Waals surface area contributed by atoms with Gasteiger partial charge < -0.3 is 19.4 Å². The number of ether oxygens (including phenoxy) is 2. The van der Waals surface area contributed by atoms with E-state index in [-0.39, 0.29) is 37.9 Å². The van der Waals surface area contributed by atoms with Crippen molar-refractivity contribution in [2.24, 2.45) is 5.41 Å². The van der Waals surface area contributed by atoms with E-state index in [2.05, 4.69) is 38.5 Å². The normalized spacial score (nSPS) is 12.0. The third-order valence-electron chi connectivity index (χ3n) is 7.80. The molecule has 1 atom stereocenters. The Balaban J connectivity index is 1.51. The minimum atomic E-state index is -0.970. The summed E-state index contributed by atoms with van der Waals surface area (Å²) in [5.41, 5.74) is 4.54. The van der Waals surface area contributed by atoms with Crippen molar-refractivity contribution in [3.63, 3.8) is 0 Å². The van der Waals surface area contributed by atoms with Gasteiger partial charge in [0, 0.05) is 35.5 Å². The summed E-state index contributed by atoms with van der Waals surface area (Å²) in [6.45, 7) is 11.9. The van der Waals surface area contributed by atoms with Gasteiger partial charge in [-0.1, -0.05) is 63.2 Å². The maximum Gasteiger partial charge on any atom is 0.328 e. The molecule has 2 heterocycles. The second-order valence-corrected chi connectivity index (χ2v) is 12.6. The third kappa shape index (κ3) is 9.49. The summed E-state index contributed by atoms with van der Waals surface area (Å²) in [5, 5.41) is 6.52. The molecule has 0 saturated carbocycles. The number of hydrogen-bond donors (Lipinski definition) is 2. The van der Waals surface area contributed by atoms with Gasteiger partial charge >= 0.3 is 11.9 Å². The van der Waals surface area contributed by atoms with Crippen LogP contribution in [0.2, 0.25) is 0 Å². The number of aryl methyl sites for hydroxylation is 3. The van der Waals surface area contributed by atoms with E-state index < -0.39 is 29.3 Å². The van der Waals surface area contributed by atoms with Crippen molar-refractivity contribution in [2.45, 2.75) is 79.8 Å². The summed E-state index contributed by atoms with van der Waals surface area (Å²) in [7, 11) is 0. The maximum atomic E-state index is 13.0. The maximum absolute atomic E-state index is 13.0. The van der Waals surface area contributed by atoms with Crippen LogP contribution in [0.15, 0.2) is 60.8 Å². The molecule has 2 N–H and O–H groups in total. The minimum absolute atomic E-state index is 0.0182. The van der Waals surface area contributed by atoms with Gasteiger partial charge in [0.2, 0.25) is 11.9 Å². The average molecular weight is 656 g/mol. The predicted molar refractivity (Wildman–Crippen MR) is 183 cm³/mol. The van der Waals surface area contributed by atoms with Gasteiger partial charge in [0.15, 0.2) is 0 Å². The first-order chi connectivity index (χ1) is 22.9. The lowest BCUT2D eigenvalue weighted by Gasteiger charge is -2.17. The number of benzene rings is 2. The number of amides is 2. The fourth-order valence-corrected chi connectivity index (χ4v) is 5.22. The van der Waals surface area contributed by atoms with Crippen LogP contribution in [0.4, 0.5) is 5.95 Å². The van der Waals surface area contributed by atoms with Gasteiger partial charge in [-0.15, -0.1) is 0 Å². The Hall–Kier alpha value is -5.06. The molecule has 0 fully saturated rings. The molecule has 2 amide bonds. The fourth-order valence-electron chi connectivity index (χ4n) is 5.22. The first kappa shape index (κ1) is 35.8. The molecule has 11 nitrogen and oxygen atoms in total. The zero-order chi connectivity index (χ0) is 34.8. The highest BCUT2D eigenvalue weighted by Crippen LogP contribution is 2.27. The van der Waals surface area contributed by atoms with Crippen molar-refractivity contribution < 1.29 is 28.7 Å². The summed E-state index contributed by atoms with van der Waals surface area (Å²) in [6.07, 6.45) is 3.55. The van der Waals surface area contributed by atoms with Crippen molar-refractivity contribution in [3.05, 3.63) is 88.7 Å². The highest BCUT2D eigenvalue weighted by atomic mass is 16.5. The van der Waals surface area contributed by atoms with E-state index in [9.17, 15) is 19.2 Å². The van der Waals surface area contributed by atoms with Gasteiger partial charge in [0.05, 0.1) is 18.9 Å².